The lowest BCUT2D eigenvalue weighted by molar-refractivity contribution is 0.465. The molecule has 4 aliphatic heterocycles. The van der Waals surface area contributed by atoms with Crippen molar-refractivity contribution in [3.8, 4) is 23.0 Å². The normalized spacial score (nSPS) is 13.0. The van der Waals surface area contributed by atoms with Gasteiger partial charge in [-0.15, -0.1) is 0 Å². The van der Waals surface area contributed by atoms with Crippen molar-refractivity contribution < 1.29 is 9.47 Å². The smallest absolute Gasteiger partial charge is 0.260 e. The van der Waals surface area contributed by atoms with Gasteiger partial charge in [-0.05, 0) is 180 Å². The summed E-state index contributed by atoms with van der Waals surface area (Å²) in [4.78, 5) is 9.77. The zero-order valence-electron chi connectivity index (χ0n) is 47.5. The molecule has 4 heterocycles. The molecule has 0 bridgehead atoms. The lowest BCUT2D eigenvalue weighted by atomic mass is 9.30. The molecule has 0 unspecified atom stereocenters. The van der Waals surface area contributed by atoms with E-state index in [-0.39, 0.29) is 13.4 Å². The Bertz CT molecular complexity index is 4280. The van der Waals surface area contributed by atoms with E-state index >= 15 is 0 Å². The molecule has 394 valence electrons. The van der Waals surface area contributed by atoms with Crippen LogP contribution in [0.3, 0.4) is 0 Å². The molecule has 0 amide bonds. The highest BCUT2D eigenvalue weighted by molar-refractivity contribution is 7.02. The highest BCUT2D eigenvalue weighted by Crippen LogP contribution is 2.50. The number of hydrogen-bond acceptors (Lipinski definition) is 6. The van der Waals surface area contributed by atoms with Crippen LogP contribution in [0.1, 0.15) is 44.5 Å². The maximum atomic E-state index is 7.55. The predicted octanol–water partition coefficient (Wildman–Crippen LogP) is 15.9. The summed E-state index contributed by atoms with van der Waals surface area (Å²) in [5.41, 5.74) is 29.6. The Balaban J connectivity index is 1.01. The number of nitrogens with zero attached hydrogens (tertiary/aromatic N) is 4. The fraction of sp³-hybridized carbons (Fsp3) is 0.108. The van der Waals surface area contributed by atoms with E-state index in [0.29, 0.717) is 0 Å². The minimum Gasteiger partial charge on any atom is -0.458 e. The number of benzene rings is 11. The Morgan fingerprint density at radius 2 is 0.610 bits per heavy atom. The van der Waals surface area contributed by atoms with Crippen LogP contribution >= 0.6 is 0 Å². The van der Waals surface area contributed by atoms with E-state index in [1.165, 1.54) is 60.9 Å². The average Bonchev–Trinajstić information content (AvgIpc) is 2.74. The van der Waals surface area contributed by atoms with Crippen LogP contribution in [0.2, 0.25) is 0 Å². The molecule has 11 aromatic carbocycles. The monoisotopic (exact) mass is 1060 g/mol. The first-order valence-electron chi connectivity index (χ1n) is 28.6. The Labute approximate surface area is 482 Å². The third-order valence-corrected chi connectivity index (χ3v) is 17.2. The molecule has 0 N–H and O–H groups in total. The highest BCUT2D eigenvalue weighted by atomic mass is 16.5. The Kier molecular flexibility index (Phi) is 11.4. The Morgan fingerprint density at radius 3 is 1.09 bits per heavy atom. The summed E-state index contributed by atoms with van der Waals surface area (Å²) < 4.78 is 14.7. The molecule has 4 aliphatic rings. The van der Waals surface area contributed by atoms with Crippen LogP contribution in [-0.2, 0) is 0 Å². The van der Waals surface area contributed by atoms with Crippen molar-refractivity contribution in [3.05, 3.63) is 263 Å². The van der Waals surface area contributed by atoms with E-state index in [1.54, 1.807) is 0 Å². The molecule has 0 atom stereocenters. The fourth-order valence-electron chi connectivity index (χ4n) is 13.1. The molecular weight excluding hydrogens is 998 g/mol. The number of rotatable bonds is 8. The van der Waals surface area contributed by atoms with E-state index in [0.717, 1.165) is 108 Å². The molecule has 0 aromatic heterocycles. The molecule has 11 aromatic rings. The van der Waals surface area contributed by atoms with Gasteiger partial charge in [0.15, 0.2) is 0 Å². The first-order valence-corrected chi connectivity index (χ1v) is 28.6. The van der Waals surface area contributed by atoms with E-state index in [9.17, 15) is 0 Å². The number of fused-ring (bicyclic) bond motifs is 8. The molecule has 0 fully saturated rings. The molecule has 0 saturated heterocycles. The van der Waals surface area contributed by atoms with Gasteiger partial charge in [0.25, 0.3) is 13.4 Å². The molecule has 8 heteroatoms. The van der Waals surface area contributed by atoms with Crippen LogP contribution in [-0.4, -0.2) is 13.4 Å². The van der Waals surface area contributed by atoms with Gasteiger partial charge in [0, 0.05) is 80.5 Å². The van der Waals surface area contributed by atoms with Gasteiger partial charge < -0.3 is 29.1 Å². The molecule has 82 heavy (non-hydrogen) atoms. The first kappa shape index (κ1) is 49.4. The van der Waals surface area contributed by atoms with E-state index in [1.807, 2.05) is 0 Å². The standard InChI is InChI=1S/C74H60B2N4O2/c1-45-9-23-53(24-10-45)77(54-25-11-46(2)12-26-54)59-39-67-73-68(40-59)80(58-33-19-50(6)20-34-58)66-44-70-64(43-62(66)75(73)61-37-51(7)21-35-65(61)79(67)57-31-17-49(5)18-32-57)76-63-38-52(8)22-36-69(63)81-71-41-60(42-72(82-70)74(71)76)78(55-27-13-47(3)14-28-55)56-29-15-48(4)16-30-56/h9-44H,1-8H3. The summed E-state index contributed by atoms with van der Waals surface area (Å²) in [5, 5.41) is 0. The minimum absolute atomic E-state index is 0.150. The molecule has 15 rings (SSSR count). The third-order valence-electron chi connectivity index (χ3n) is 17.2. The van der Waals surface area contributed by atoms with E-state index < -0.39 is 0 Å². The van der Waals surface area contributed by atoms with Gasteiger partial charge in [0.2, 0.25) is 0 Å². The number of ether oxygens (including phenoxy) is 2. The average molecular weight is 1060 g/mol. The topological polar surface area (TPSA) is 31.4 Å². The van der Waals surface area contributed by atoms with Gasteiger partial charge in [-0.1, -0.05) is 148 Å². The molecule has 0 aliphatic carbocycles. The molecule has 0 spiro atoms. The van der Waals surface area contributed by atoms with Crippen LogP contribution < -0.4 is 61.9 Å². The third kappa shape index (κ3) is 8.10. The second kappa shape index (κ2) is 19.0. The van der Waals surface area contributed by atoms with Crippen molar-refractivity contribution in [1.29, 1.82) is 0 Å². The summed E-state index contributed by atoms with van der Waals surface area (Å²) in [6.45, 7) is 17.0. The van der Waals surface area contributed by atoms with Gasteiger partial charge in [-0.25, -0.2) is 0 Å². The molecule has 0 saturated carbocycles. The van der Waals surface area contributed by atoms with Crippen LogP contribution in [0.25, 0.3) is 0 Å². The van der Waals surface area contributed by atoms with E-state index in [4.69, 9.17) is 9.47 Å². The van der Waals surface area contributed by atoms with Gasteiger partial charge in [0.1, 0.15) is 23.0 Å². The Hall–Kier alpha value is -9.65. The van der Waals surface area contributed by atoms with Crippen LogP contribution in [0.15, 0.2) is 218 Å². The zero-order valence-corrected chi connectivity index (χ0v) is 47.5. The summed E-state index contributed by atoms with van der Waals surface area (Å²) in [6, 6.07) is 81.4. The summed E-state index contributed by atoms with van der Waals surface area (Å²) in [6.07, 6.45) is 0. The molecule has 0 radical (unpaired) electrons. The first-order chi connectivity index (χ1) is 39.9. The maximum absolute atomic E-state index is 7.55. The van der Waals surface area contributed by atoms with Gasteiger partial charge in [-0.3, -0.25) is 0 Å². The fourth-order valence-corrected chi connectivity index (χ4v) is 13.1. The van der Waals surface area contributed by atoms with Crippen molar-refractivity contribution >= 4 is 114 Å². The van der Waals surface area contributed by atoms with Gasteiger partial charge >= 0.3 is 0 Å². The second-order valence-corrected chi connectivity index (χ2v) is 23.2. The van der Waals surface area contributed by atoms with Gasteiger partial charge in [-0.2, -0.15) is 0 Å². The van der Waals surface area contributed by atoms with Crippen LogP contribution in [0, 0.1) is 55.4 Å². The van der Waals surface area contributed by atoms with Crippen molar-refractivity contribution in [2.24, 2.45) is 0 Å². The van der Waals surface area contributed by atoms with Crippen LogP contribution in [0.4, 0.5) is 68.2 Å². The van der Waals surface area contributed by atoms with Crippen LogP contribution in [0.5, 0.6) is 23.0 Å². The molecular formula is C74H60B2N4O2. The van der Waals surface area contributed by atoms with E-state index in [2.05, 4.69) is 293 Å². The summed E-state index contributed by atoms with van der Waals surface area (Å²) in [7, 11) is 0. The second-order valence-electron chi connectivity index (χ2n) is 23.2. The quantitative estimate of drug-likeness (QED) is 0.141. The van der Waals surface area contributed by atoms with Gasteiger partial charge in [0.05, 0.1) is 11.4 Å². The zero-order chi connectivity index (χ0) is 55.7. The Morgan fingerprint density at radius 1 is 0.256 bits per heavy atom. The van der Waals surface area contributed by atoms with Crippen molar-refractivity contribution in [1.82, 2.24) is 0 Å². The minimum atomic E-state index is -0.178. The largest absolute Gasteiger partial charge is 0.458 e. The SMILES string of the molecule is Cc1ccc(N(c2ccc(C)cc2)c2cc3c4c(c2)Oc2cc5c(cc2B4c2cc(C)ccc2O3)B2c3cc(C)ccc3N(c3ccc(C)cc3)c3cc(N(c4ccc(C)cc4)c4ccc(C)cc4)cc(c32)N5c2ccc(C)cc2)cc1. The highest BCUT2D eigenvalue weighted by Gasteiger charge is 2.48. The summed E-state index contributed by atoms with van der Waals surface area (Å²) >= 11 is 0. The number of aryl methyl sites for hydroxylation is 8. The summed E-state index contributed by atoms with van der Waals surface area (Å²) in [5.74, 6) is 3.25. The van der Waals surface area contributed by atoms with Crippen molar-refractivity contribution in [2.75, 3.05) is 19.6 Å². The van der Waals surface area contributed by atoms with Crippen molar-refractivity contribution in [2.45, 2.75) is 55.4 Å². The predicted molar refractivity (Wildman–Crippen MR) is 345 cm³/mol. The van der Waals surface area contributed by atoms with Crippen molar-refractivity contribution in [3.63, 3.8) is 0 Å². The number of hydrogen-bond donors (Lipinski definition) is 0. The maximum Gasteiger partial charge on any atom is 0.260 e. The molecule has 6 nitrogen and oxygen atoms in total. The lowest BCUT2D eigenvalue weighted by Crippen LogP contribution is -2.64. The number of anilines is 12. The lowest BCUT2D eigenvalue weighted by Gasteiger charge is -2.45.